The van der Waals surface area contributed by atoms with Gasteiger partial charge in [0, 0.05) is 19.3 Å². The zero-order chi connectivity index (χ0) is 58.5. The SMILES string of the molecule is CCC/C=C\CCCCCCCC(=O)OCC(COC(=O)CCCCCCCCCCCCCCCC/C=C\C/C=C\C/C=C\CCCCCCC)OC(=O)CCCCCCCCCCCCCCCCCCCCCCCCCC. The van der Waals surface area contributed by atoms with E-state index in [1.165, 1.54) is 270 Å². The second kappa shape index (κ2) is 69.9. The summed E-state index contributed by atoms with van der Waals surface area (Å²) in [5.41, 5.74) is 0. The smallest absolute Gasteiger partial charge is 0.306 e. The topological polar surface area (TPSA) is 78.9 Å². The van der Waals surface area contributed by atoms with E-state index in [1.807, 2.05) is 0 Å². The fraction of sp³-hybridized carbons (Fsp3) is 0.853. The van der Waals surface area contributed by atoms with E-state index >= 15 is 0 Å². The number of allylic oxidation sites excluding steroid dienone is 8. The molecule has 0 spiro atoms. The Morgan fingerprint density at radius 3 is 0.753 bits per heavy atom. The van der Waals surface area contributed by atoms with Gasteiger partial charge < -0.3 is 14.2 Å². The standard InChI is InChI=1S/C75H138O6/c1-4-7-10-13-16-19-22-24-26-28-30-32-34-36-37-38-39-40-42-43-45-47-49-51-53-56-59-62-65-68-74(77)80-71-72(70-79-73(76)67-64-61-58-55-21-18-15-12-9-6-3)81-75(78)69-66-63-60-57-54-52-50-48-46-44-41-35-33-31-29-27-25-23-20-17-14-11-8-5-2/h12,15,22,24,28,30,34,36,72H,4-11,13-14,16-21,23,25-27,29,31-33,35,37-71H2,1-3H3/b15-12-,24-22-,30-28-,36-34-. The van der Waals surface area contributed by atoms with E-state index < -0.39 is 6.10 Å². The van der Waals surface area contributed by atoms with Gasteiger partial charge in [0.05, 0.1) is 0 Å². The first-order chi connectivity index (χ1) is 40.0. The van der Waals surface area contributed by atoms with Gasteiger partial charge >= 0.3 is 17.9 Å². The first-order valence-electron chi connectivity index (χ1n) is 36.1. The minimum absolute atomic E-state index is 0.0715. The fourth-order valence-electron chi connectivity index (χ4n) is 10.9. The second-order valence-electron chi connectivity index (χ2n) is 24.5. The number of hydrogen-bond donors (Lipinski definition) is 0. The Bertz CT molecular complexity index is 1400. The summed E-state index contributed by atoms with van der Waals surface area (Å²) < 4.78 is 17.0. The summed E-state index contributed by atoms with van der Waals surface area (Å²) in [4.78, 5) is 38.3. The van der Waals surface area contributed by atoms with E-state index in [0.29, 0.717) is 19.3 Å². The average Bonchev–Trinajstić information content (AvgIpc) is 3.47. The molecule has 81 heavy (non-hydrogen) atoms. The van der Waals surface area contributed by atoms with Gasteiger partial charge in [-0.3, -0.25) is 14.4 Å². The number of esters is 3. The van der Waals surface area contributed by atoms with Gasteiger partial charge in [0.25, 0.3) is 0 Å². The second-order valence-corrected chi connectivity index (χ2v) is 24.5. The first kappa shape index (κ1) is 78.4. The summed E-state index contributed by atoms with van der Waals surface area (Å²) >= 11 is 0. The van der Waals surface area contributed by atoms with E-state index in [2.05, 4.69) is 69.4 Å². The summed E-state index contributed by atoms with van der Waals surface area (Å²) in [6.07, 6.45) is 88.8. The Kier molecular flexibility index (Phi) is 67.6. The van der Waals surface area contributed by atoms with Crippen molar-refractivity contribution in [3.63, 3.8) is 0 Å². The van der Waals surface area contributed by atoms with Crippen LogP contribution in [0.25, 0.3) is 0 Å². The maximum atomic E-state index is 12.9. The minimum atomic E-state index is -0.775. The molecule has 0 aromatic carbocycles. The minimum Gasteiger partial charge on any atom is -0.462 e. The normalized spacial score (nSPS) is 12.3. The van der Waals surface area contributed by atoms with E-state index in [9.17, 15) is 14.4 Å². The Balaban J connectivity index is 4.13. The molecule has 0 rings (SSSR count). The molecule has 0 amide bonds. The van der Waals surface area contributed by atoms with Crippen molar-refractivity contribution in [1.29, 1.82) is 0 Å². The van der Waals surface area contributed by atoms with Crippen molar-refractivity contribution < 1.29 is 28.6 Å². The quantitative estimate of drug-likeness (QED) is 0.0261. The number of carbonyl (C=O) groups excluding carboxylic acids is 3. The van der Waals surface area contributed by atoms with Gasteiger partial charge in [-0.1, -0.05) is 345 Å². The van der Waals surface area contributed by atoms with Crippen LogP contribution in [-0.4, -0.2) is 37.2 Å². The van der Waals surface area contributed by atoms with Crippen molar-refractivity contribution >= 4 is 17.9 Å². The molecule has 0 aliphatic rings. The number of hydrogen-bond acceptors (Lipinski definition) is 6. The Morgan fingerprint density at radius 2 is 0.469 bits per heavy atom. The third kappa shape index (κ3) is 68.0. The molecule has 1 unspecified atom stereocenters. The molecular formula is C75H138O6. The van der Waals surface area contributed by atoms with E-state index in [1.54, 1.807) is 0 Å². The average molecular weight is 1140 g/mol. The number of unbranched alkanes of at least 4 members (excludes halogenated alkanes) is 48. The summed E-state index contributed by atoms with van der Waals surface area (Å²) in [5.74, 6) is -0.857. The highest BCUT2D eigenvalue weighted by Crippen LogP contribution is 2.19. The van der Waals surface area contributed by atoms with Gasteiger partial charge in [-0.05, 0) is 77.0 Å². The van der Waals surface area contributed by atoms with Gasteiger partial charge in [-0.15, -0.1) is 0 Å². The monoisotopic (exact) mass is 1140 g/mol. The molecule has 0 N–H and O–H groups in total. The third-order valence-corrected chi connectivity index (χ3v) is 16.3. The first-order valence-corrected chi connectivity index (χ1v) is 36.1. The lowest BCUT2D eigenvalue weighted by atomic mass is 10.0. The van der Waals surface area contributed by atoms with Gasteiger partial charge in [0.2, 0.25) is 0 Å². The summed E-state index contributed by atoms with van der Waals surface area (Å²) in [7, 11) is 0. The molecule has 0 bridgehead atoms. The Hall–Kier alpha value is -2.63. The lowest BCUT2D eigenvalue weighted by molar-refractivity contribution is -0.167. The highest BCUT2D eigenvalue weighted by Gasteiger charge is 2.19. The number of rotatable bonds is 67. The van der Waals surface area contributed by atoms with Gasteiger partial charge in [-0.25, -0.2) is 0 Å². The van der Waals surface area contributed by atoms with Crippen LogP contribution >= 0.6 is 0 Å². The predicted molar refractivity (Wildman–Crippen MR) is 353 cm³/mol. The molecule has 0 saturated carbocycles. The summed E-state index contributed by atoms with van der Waals surface area (Å²) in [5, 5.41) is 0. The fourth-order valence-corrected chi connectivity index (χ4v) is 10.9. The lowest BCUT2D eigenvalue weighted by Gasteiger charge is -2.18. The number of ether oxygens (including phenoxy) is 3. The molecule has 0 aromatic heterocycles. The van der Waals surface area contributed by atoms with Crippen LogP contribution in [0.2, 0.25) is 0 Å². The highest BCUT2D eigenvalue weighted by molar-refractivity contribution is 5.71. The van der Waals surface area contributed by atoms with E-state index in [-0.39, 0.29) is 31.1 Å². The van der Waals surface area contributed by atoms with Crippen LogP contribution in [0.1, 0.15) is 393 Å². The molecule has 0 saturated heterocycles. The zero-order valence-corrected chi connectivity index (χ0v) is 54.6. The van der Waals surface area contributed by atoms with E-state index in [0.717, 1.165) is 83.5 Å². The molecule has 0 aliphatic heterocycles. The predicted octanol–water partition coefficient (Wildman–Crippen LogP) is 24.9. The maximum Gasteiger partial charge on any atom is 0.306 e. The van der Waals surface area contributed by atoms with Crippen LogP contribution in [-0.2, 0) is 28.6 Å². The van der Waals surface area contributed by atoms with Gasteiger partial charge in [0.1, 0.15) is 13.2 Å². The molecule has 0 aromatic rings. The van der Waals surface area contributed by atoms with Crippen molar-refractivity contribution in [3.05, 3.63) is 48.6 Å². The van der Waals surface area contributed by atoms with Crippen molar-refractivity contribution in [2.24, 2.45) is 0 Å². The molecular weight excluding hydrogens is 997 g/mol. The summed E-state index contributed by atoms with van der Waals surface area (Å²) in [6, 6.07) is 0. The molecule has 6 nitrogen and oxygen atoms in total. The summed E-state index contributed by atoms with van der Waals surface area (Å²) in [6.45, 7) is 6.63. The maximum absolute atomic E-state index is 12.9. The zero-order valence-electron chi connectivity index (χ0n) is 54.6. The van der Waals surface area contributed by atoms with Gasteiger partial charge in [0.15, 0.2) is 6.10 Å². The largest absolute Gasteiger partial charge is 0.462 e. The van der Waals surface area contributed by atoms with Crippen molar-refractivity contribution in [2.45, 2.75) is 399 Å². The van der Waals surface area contributed by atoms with Crippen molar-refractivity contribution in [3.8, 4) is 0 Å². The third-order valence-electron chi connectivity index (χ3n) is 16.3. The Morgan fingerprint density at radius 1 is 0.247 bits per heavy atom. The van der Waals surface area contributed by atoms with Crippen LogP contribution in [0, 0.1) is 0 Å². The van der Waals surface area contributed by atoms with Crippen LogP contribution < -0.4 is 0 Å². The van der Waals surface area contributed by atoms with E-state index in [4.69, 9.17) is 14.2 Å². The molecule has 0 radical (unpaired) electrons. The van der Waals surface area contributed by atoms with Crippen LogP contribution in [0.15, 0.2) is 48.6 Å². The molecule has 0 fully saturated rings. The molecule has 0 heterocycles. The van der Waals surface area contributed by atoms with Crippen molar-refractivity contribution in [2.75, 3.05) is 13.2 Å². The number of carbonyl (C=O) groups is 3. The van der Waals surface area contributed by atoms with Crippen LogP contribution in [0.5, 0.6) is 0 Å². The highest BCUT2D eigenvalue weighted by atomic mass is 16.6. The van der Waals surface area contributed by atoms with Crippen molar-refractivity contribution in [1.82, 2.24) is 0 Å². The van der Waals surface area contributed by atoms with Crippen LogP contribution in [0.4, 0.5) is 0 Å². The van der Waals surface area contributed by atoms with Gasteiger partial charge in [-0.2, -0.15) is 0 Å². The molecule has 0 aliphatic carbocycles. The van der Waals surface area contributed by atoms with Crippen LogP contribution in [0.3, 0.4) is 0 Å². The Labute approximate surface area is 505 Å². The molecule has 1 atom stereocenters. The lowest BCUT2D eigenvalue weighted by Crippen LogP contribution is -2.30. The molecule has 6 heteroatoms. The molecule has 474 valence electrons.